The van der Waals surface area contributed by atoms with E-state index < -0.39 is 6.04 Å². The van der Waals surface area contributed by atoms with Crippen molar-refractivity contribution < 1.29 is 14.3 Å². The SMILES string of the molecule is CCOC(=O)[C@@H]1CS[C@@]2(c3ccccc3)CCC(=O)N12. The third kappa shape index (κ3) is 1.92. The second-order valence-corrected chi connectivity index (χ2v) is 6.29. The van der Waals surface area contributed by atoms with Crippen molar-refractivity contribution in [2.45, 2.75) is 30.7 Å². The van der Waals surface area contributed by atoms with Gasteiger partial charge in [-0.3, -0.25) is 4.79 Å². The van der Waals surface area contributed by atoms with Crippen LogP contribution in [0.3, 0.4) is 0 Å². The molecule has 106 valence electrons. The third-order valence-electron chi connectivity index (χ3n) is 3.91. The van der Waals surface area contributed by atoms with E-state index in [-0.39, 0.29) is 16.7 Å². The summed E-state index contributed by atoms with van der Waals surface area (Å²) < 4.78 is 5.12. The van der Waals surface area contributed by atoms with Crippen molar-refractivity contribution >= 4 is 23.6 Å². The first kappa shape index (κ1) is 13.5. The van der Waals surface area contributed by atoms with E-state index in [4.69, 9.17) is 4.74 Å². The van der Waals surface area contributed by atoms with Crippen molar-refractivity contribution in [2.24, 2.45) is 0 Å². The van der Waals surface area contributed by atoms with Crippen LogP contribution >= 0.6 is 11.8 Å². The molecule has 1 amide bonds. The van der Waals surface area contributed by atoms with Crippen molar-refractivity contribution in [1.29, 1.82) is 0 Å². The monoisotopic (exact) mass is 291 g/mol. The van der Waals surface area contributed by atoms with E-state index in [1.807, 2.05) is 30.3 Å². The summed E-state index contributed by atoms with van der Waals surface area (Å²) in [5.41, 5.74) is 1.10. The molecule has 0 saturated carbocycles. The third-order valence-corrected chi connectivity index (χ3v) is 5.51. The van der Waals surface area contributed by atoms with Crippen LogP contribution < -0.4 is 0 Å². The summed E-state index contributed by atoms with van der Waals surface area (Å²) >= 11 is 1.68. The van der Waals surface area contributed by atoms with Crippen LogP contribution in [0.2, 0.25) is 0 Å². The Balaban J connectivity index is 1.96. The minimum atomic E-state index is -0.449. The van der Waals surface area contributed by atoms with Crippen molar-refractivity contribution in [3.63, 3.8) is 0 Å². The molecule has 0 N–H and O–H groups in total. The molecule has 2 aliphatic rings. The average molecular weight is 291 g/mol. The number of carbonyl (C=O) groups excluding carboxylic acids is 2. The van der Waals surface area contributed by atoms with Gasteiger partial charge < -0.3 is 9.64 Å². The number of ether oxygens (including phenoxy) is 1. The molecule has 1 aromatic rings. The molecule has 2 aliphatic heterocycles. The maximum absolute atomic E-state index is 12.3. The number of thioether (sulfide) groups is 1. The summed E-state index contributed by atoms with van der Waals surface area (Å²) in [5.74, 6) is 0.379. The largest absolute Gasteiger partial charge is 0.464 e. The van der Waals surface area contributed by atoms with Crippen molar-refractivity contribution in [2.75, 3.05) is 12.4 Å². The van der Waals surface area contributed by atoms with Gasteiger partial charge in [-0.1, -0.05) is 30.3 Å². The molecule has 0 bridgehead atoms. The average Bonchev–Trinajstić information content (AvgIpc) is 3.00. The van der Waals surface area contributed by atoms with Gasteiger partial charge in [0.1, 0.15) is 10.9 Å². The lowest BCUT2D eigenvalue weighted by molar-refractivity contribution is -0.153. The van der Waals surface area contributed by atoms with Gasteiger partial charge in [0.25, 0.3) is 0 Å². The molecule has 2 saturated heterocycles. The molecule has 2 heterocycles. The van der Waals surface area contributed by atoms with Crippen LogP contribution in [-0.4, -0.2) is 35.2 Å². The first-order valence-electron chi connectivity index (χ1n) is 6.87. The maximum Gasteiger partial charge on any atom is 0.329 e. The number of rotatable bonds is 3. The Hall–Kier alpha value is -1.49. The highest BCUT2D eigenvalue weighted by Gasteiger charge is 2.57. The topological polar surface area (TPSA) is 46.6 Å². The van der Waals surface area contributed by atoms with Gasteiger partial charge in [0.2, 0.25) is 5.91 Å². The Labute approximate surface area is 122 Å². The van der Waals surface area contributed by atoms with Crippen LogP contribution in [0, 0.1) is 0 Å². The first-order chi connectivity index (χ1) is 9.69. The summed E-state index contributed by atoms with van der Waals surface area (Å²) in [6.07, 6.45) is 1.26. The van der Waals surface area contributed by atoms with Gasteiger partial charge >= 0.3 is 5.97 Å². The molecule has 0 radical (unpaired) electrons. The number of hydrogen-bond donors (Lipinski definition) is 0. The quantitative estimate of drug-likeness (QED) is 0.801. The van der Waals surface area contributed by atoms with E-state index in [0.29, 0.717) is 18.8 Å². The summed E-state index contributed by atoms with van der Waals surface area (Å²) in [5, 5.41) is 0. The van der Waals surface area contributed by atoms with Gasteiger partial charge in [-0.15, -0.1) is 11.8 Å². The van der Waals surface area contributed by atoms with Gasteiger partial charge in [-0.25, -0.2) is 4.79 Å². The molecule has 2 atom stereocenters. The normalized spacial score (nSPS) is 28.6. The molecule has 1 aromatic carbocycles. The molecule has 0 unspecified atom stereocenters. The summed E-state index contributed by atoms with van der Waals surface area (Å²) in [6, 6.07) is 9.53. The Morgan fingerprint density at radius 3 is 2.90 bits per heavy atom. The maximum atomic E-state index is 12.3. The Morgan fingerprint density at radius 1 is 1.45 bits per heavy atom. The minimum Gasteiger partial charge on any atom is -0.464 e. The first-order valence-corrected chi connectivity index (χ1v) is 7.86. The second kappa shape index (κ2) is 5.13. The standard InChI is InChI=1S/C15H17NO3S/c1-2-19-14(18)12-10-20-15(9-8-13(17)16(12)15)11-6-4-3-5-7-11/h3-7,12H,2,8-10H2,1H3/t12-,15+/m0/s1. The lowest BCUT2D eigenvalue weighted by Crippen LogP contribution is -2.46. The van der Waals surface area contributed by atoms with E-state index >= 15 is 0 Å². The van der Waals surface area contributed by atoms with Crippen LogP contribution in [0.15, 0.2) is 30.3 Å². The van der Waals surface area contributed by atoms with Crippen molar-refractivity contribution in [1.82, 2.24) is 4.90 Å². The van der Waals surface area contributed by atoms with Gasteiger partial charge in [-0.05, 0) is 18.9 Å². The highest BCUT2D eigenvalue weighted by Crippen LogP contribution is 2.54. The van der Waals surface area contributed by atoms with E-state index in [0.717, 1.165) is 12.0 Å². The molecule has 0 aromatic heterocycles. The van der Waals surface area contributed by atoms with E-state index in [2.05, 4.69) is 0 Å². The predicted octanol–water partition coefficient (Wildman–Crippen LogP) is 2.14. The minimum absolute atomic E-state index is 0.0527. The van der Waals surface area contributed by atoms with Crippen LogP contribution in [0.25, 0.3) is 0 Å². The van der Waals surface area contributed by atoms with Crippen LogP contribution in [0.4, 0.5) is 0 Å². The van der Waals surface area contributed by atoms with E-state index in [1.54, 1.807) is 23.6 Å². The van der Waals surface area contributed by atoms with Crippen LogP contribution in [0.1, 0.15) is 25.3 Å². The second-order valence-electron chi connectivity index (χ2n) is 4.99. The Morgan fingerprint density at radius 2 is 2.20 bits per heavy atom. The number of benzene rings is 1. The molecule has 20 heavy (non-hydrogen) atoms. The highest BCUT2D eigenvalue weighted by molar-refractivity contribution is 8.00. The smallest absolute Gasteiger partial charge is 0.329 e. The van der Waals surface area contributed by atoms with E-state index in [1.165, 1.54) is 0 Å². The molecular weight excluding hydrogens is 274 g/mol. The number of esters is 1. The van der Waals surface area contributed by atoms with Gasteiger partial charge in [0.15, 0.2) is 0 Å². The lowest BCUT2D eigenvalue weighted by Gasteiger charge is -2.33. The molecule has 2 fully saturated rings. The van der Waals surface area contributed by atoms with Crippen LogP contribution in [-0.2, 0) is 19.2 Å². The number of carbonyl (C=O) groups is 2. The molecule has 5 heteroatoms. The molecule has 4 nitrogen and oxygen atoms in total. The molecule has 0 spiro atoms. The van der Waals surface area contributed by atoms with Crippen molar-refractivity contribution in [3.8, 4) is 0 Å². The highest BCUT2D eigenvalue weighted by atomic mass is 32.2. The predicted molar refractivity (Wildman–Crippen MR) is 77.1 cm³/mol. The summed E-state index contributed by atoms with van der Waals surface area (Å²) in [7, 11) is 0. The van der Waals surface area contributed by atoms with E-state index in [9.17, 15) is 9.59 Å². The lowest BCUT2D eigenvalue weighted by atomic mass is 10.0. The molecule has 3 rings (SSSR count). The van der Waals surface area contributed by atoms with Gasteiger partial charge in [0.05, 0.1) is 6.61 Å². The van der Waals surface area contributed by atoms with Crippen LogP contribution in [0.5, 0.6) is 0 Å². The zero-order valence-electron chi connectivity index (χ0n) is 11.4. The number of fused-ring (bicyclic) bond motifs is 1. The molecule has 0 aliphatic carbocycles. The number of amides is 1. The summed E-state index contributed by atoms with van der Waals surface area (Å²) in [4.78, 5) is 25.7. The van der Waals surface area contributed by atoms with Gasteiger partial charge in [-0.2, -0.15) is 0 Å². The number of hydrogen-bond acceptors (Lipinski definition) is 4. The van der Waals surface area contributed by atoms with Gasteiger partial charge in [0, 0.05) is 12.2 Å². The zero-order valence-corrected chi connectivity index (χ0v) is 12.2. The Kier molecular flexibility index (Phi) is 3.46. The number of nitrogens with zero attached hydrogens (tertiary/aromatic N) is 1. The Bertz CT molecular complexity index is 533. The summed E-state index contributed by atoms with van der Waals surface area (Å²) in [6.45, 7) is 2.14. The fraction of sp³-hybridized carbons (Fsp3) is 0.467. The fourth-order valence-electron chi connectivity index (χ4n) is 3.05. The molecular formula is C15H17NO3S. The fourth-order valence-corrected chi connectivity index (χ4v) is 4.69. The zero-order chi connectivity index (χ0) is 14.2. The van der Waals surface area contributed by atoms with Crippen molar-refractivity contribution in [3.05, 3.63) is 35.9 Å².